The van der Waals surface area contributed by atoms with Crippen LogP contribution in [0.1, 0.15) is 30.6 Å². The highest BCUT2D eigenvalue weighted by molar-refractivity contribution is 5.94. The first-order chi connectivity index (χ1) is 8.51. The standard InChI is InChI=1S/C11H15N3O4/c1-3-5-13(4-2)10-9(11(15)16)6-8(7-12-10)14(17)18/h6-7H,3-5H2,1-2H3,(H,15,16). The number of aromatic nitrogens is 1. The molecule has 1 N–H and O–H groups in total. The second-order valence-corrected chi connectivity index (χ2v) is 3.71. The second kappa shape index (κ2) is 5.95. The molecule has 98 valence electrons. The van der Waals surface area contributed by atoms with Gasteiger partial charge in [0.05, 0.1) is 4.92 Å². The lowest BCUT2D eigenvalue weighted by molar-refractivity contribution is -0.385. The summed E-state index contributed by atoms with van der Waals surface area (Å²) in [5.41, 5.74) is -0.455. The molecule has 0 atom stereocenters. The van der Waals surface area contributed by atoms with Gasteiger partial charge in [0, 0.05) is 19.2 Å². The molecule has 0 spiro atoms. The quantitative estimate of drug-likeness (QED) is 0.614. The first-order valence-corrected chi connectivity index (χ1v) is 5.63. The Morgan fingerprint density at radius 2 is 2.22 bits per heavy atom. The predicted molar refractivity (Wildman–Crippen MR) is 66.0 cm³/mol. The number of nitrogens with zero attached hydrogens (tertiary/aromatic N) is 3. The van der Waals surface area contributed by atoms with E-state index in [1.54, 1.807) is 4.90 Å². The van der Waals surface area contributed by atoms with Crippen molar-refractivity contribution in [3.8, 4) is 0 Å². The Balaban J connectivity index is 3.26. The number of carbonyl (C=O) groups is 1. The number of rotatable bonds is 6. The van der Waals surface area contributed by atoms with E-state index in [1.165, 1.54) is 0 Å². The monoisotopic (exact) mass is 253 g/mol. The number of aromatic carboxylic acids is 1. The maximum absolute atomic E-state index is 11.1. The molecule has 0 amide bonds. The lowest BCUT2D eigenvalue weighted by Gasteiger charge is -2.22. The number of hydrogen-bond acceptors (Lipinski definition) is 5. The third-order valence-corrected chi connectivity index (χ3v) is 2.47. The van der Waals surface area contributed by atoms with Gasteiger partial charge in [-0.05, 0) is 13.3 Å². The van der Waals surface area contributed by atoms with Gasteiger partial charge < -0.3 is 10.0 Å². The normalized spacial score (nSPS) is 10.1. The van der Waals surface area contributed by atoms with Crippen LogP contribution in [0.5, 0.6) is 0 Å². The van der Waals surface area contributed by atoms with Gasteiger partial charge in [-0.3, -0.25) is 10.1 Å². The van der Waals surface area contributed by atoms with E-state index in [9.17, 15) is 14.9 Å². The van der Waals surface area contributed by atoms with Crippen molar-refractivity contribution in [1.82, 2.24) is 4.98 Å². The number of pyridine rings is 1. The predicted octanol–water partition coefficient (Wildman–Crippen LogP) is 1.92. The molecular formula is C11H15N3O4. The van der Waals surface area contributed by atoms with E-state index in [0.717, 1.165) is 18.7 Å². The van der Waals surface area contributed by atoms with Crippen LogP contribution in [-0.4, -0.2) is 34.1 Å². The summed E-state index contributed by atoms with van der Waals surface area (Å²) in [5.74, 6) is -0.937. The van der Waals surface area contributed by atoms with Crippen molar-refractivity contribution in [2.45, 2.75) is 20.3 Å². The van der Waals surface area contributed by atoms with Crippen LogP contribution in [0.4, 0.5) is 11.5 Å². The average molecular weight is 253 g/mol. The van der Waals surface area contributed by atoms with Crippen LogP contribution >= 0.6 is 0 Å². The minimum Gasteiger partial charge on any atom is -0.478 e. The van der Waals surface area contributed by atoms with Gasteiger partial charge in [-0.2, -0.15) is 0 Å². The van der Waals surface area contributed by atoms with Gasteiger partial charge in [0.15, 0.2) is 0 Å². The number of nitro groups is 1. The average Bonchev–Trinajstić information content (AvgIpc) is 2.35. The molecule has 0 radical (unpaired) electrons. The van der Waals surface area contributed by atoms with Crippen LogP contribution < -0.4 is 4.90 Å². The van der Waals surface area contributed by atoms with E-state index in [2.05, 4.69) is 4.98 Å². The fraction of sp³-hybridized carbons (Fsp3) is 0.455. The van der Waals surface area contributed by atoms with Crippen molar-refractivity contribution in [2.75, 3.05) is 18.0 Å². The van der Waals surface area contributed by atoms with Crippen molar-refractivity contribution >= 4 is 17.5 Å². The summed E-state index contributed by atoms with van der Waals surface area (Å²) >= 11 is 0. The lowest BCUT2D eigenvalue weighted by atomic mass is 10.2. The number of hydrogen-bond donors (Lipinski definition) is 1. The van der Waals surface area contributed by atoms with Crippen LogP contribution in [0.15, 0.2) is 12.3 Å². The minimum absolute atomic E-state index is 0.139. The zero-order valence-corrected chi connectivity index (χ0v) is 10.3. The van der Waals surface area contributed by atoms with Gasteiger partial charge >= 0.3 is 5.97 Å². The second-order valence-electron chi connectivity index (χ2n) is 3.71. The maximum atomic E-state index is 11.1. The molecule has 7 nitrogen and oxygen atoms in total. The molecule has 1 heterocycles. The fourth-order valence-electron chi connectivity index (χ4n) is 1.64. The van der Waals surface area contributed by atoms with Crippen molar-refractivity contribution < 1.29 is 14.8 Å². The summed E-state index contributed by atoms with van der Waals surface area (Å²) < 4.78 is 0. The molecule has 1 rings (SSSR count). The lowest BCUT2D eigenvalue weighted by Crippen LogP contribution is -2.26. The molecule has 0 aliphatic heterocycles. The Morgan fingerprint density at radius 3 is 2.67 bits per heavy atom. The Morgan fingerprint density at radius 1 is 1.56 bits per heavy atom. The zero-order chi connectivity index (χ0) is 13.7. The molecule has 0 aliphatic rings. The highest BCUT2D eigenvalue weighted by atomic mass is 16.6. The smallest absolute Gasteiger partial charge is 0.339 e. The molecule has 18 heavy (non-hydrogen) atoms. The summed E-state index contributed by atoms with van der Waals surface area (Å²) in [6.07, 6.45) is 1.92. The fourth-order valence-corrected chi connectivity index (χ4v) is 1.64. The van der Waals surface area contributed by atoms with E-state index in [1.807, 2.05) is 13.8 Å². The first kappa shape index (κ1) is 13.9. The molecule has 0 saturated carbocycles. The Kier molecular flexibility index (Phi) is 4.59. The van der Waals surface area contributed by atoms with Crippen molar-refractivity contribution in [1.29, 1.82) is 0 Å². The molecule has 0 bridgehead atoms. The van der Waals surface area contributed by atoms with E-state index < -0.39 is 10.9 Å². The molecule has 0 aliphatic carbocycles. The summed E-state index contributed by atoms with van der Waals surface area (Å²) in [6, 6.07) is 1.04. The highest BCUT2D eigenvalue weighted by Crippen LogP contribution is 2.22. The van der Waals surface area contributed by atoms with E-state index in [4.69, 9.17) is 5.11 Å². The van der Waals surface area contributed by atoms with Crippen LogP contribution in [0.25, 0.3) is 0 Å². The topological polar surface area (TPSA) is 96.6 Å². The minimum atomic E-state index is -1.21. The molecule has 0 fully saturated rings. The highest BCUT2D eigenvalue weighted by Gasteiger charge is 2.20. The van der Waals surface area contributed by atoms with E-state index in [-0.39, 0.29) is 17.1 Å². The van der Waals surface area contributed by atoms with Gasteiger partial charge in [-0.15, -0.1) is 0 Å². The molecule has 0 unspecified atom stereocenters. The largest absolute Gasteiger partial charge is 0.478 e. The molecule has 1 aromatic rings. The summed E-state index contributed by atoms with van der Waals surface area (Å²) in [5, 5.41) is 19.7. The van der Waals surface area contributed by atoms with Crippen molar-refractivity contribution in [3.05, 3.63) is 27.9 Å². The van der Waals surface area contributed by atoms with Gasteiger partial charge in [-0.25, -0.2) is 9.78 Å². The Bertz CT molecular complexity index is 462. The van der Waals surface area contributed by atoms with Crippen LogP contribution in [-0.2, 0) is 0 Å². The SMILES string of the molecule is CCCN(CC)c1ncc([N+](=O)[O-])cc1C(=O)O. The Hall–Kier alpha value is -2.18. The van der Waals surface area contributed by atoms with Crippen molar-refractivity contribution in [2.24, 2.45) is 0 Å². The number of anilines is 1. The summed E-state index contributed by atoms with van der Waals surface area (Å²) in [4.78, 5) is 26.8. The molecular weight excluding hydrogens is 238 g/mol. The van der Waals surface area contributed by atoms with E-state index in [0.29, 0.717) is 13.1 Å². The van der Waals surface area contributed by atoms with Gasteiger partial charge in [0.2, 0.25) is 0 Å². The third kappa shape index (κ3) is 2.93. The number of carboxylic acids is 1. The molecule has 1 aromatic heterocycles. The van der Waals surface area contributed by atoms with E-state index >= 15 is 0 Å². The molecule has 0 saturated heterocycles. The van der Waals surface area contributed by atoms with Crippen LogP contribution in [0, 0.1) is 10.1 Å². The number of carboxylic acid groups (broad SMARTS) is 1. The Labute approximate surface area is 104 Å². The van der Waals surface area contributed by atoms with Crippen LogP contribution in [0.3, 0.4) is 0 Å². The first-order valence-electron chi connectivity index (χ1n) is 5.63. The zero-order valence-electron chi connectivity index (χ0n) is 10.3. The molecule has 0 aromatic carbocycles. The van der Waals surface area contributed by atoms with Gasteiger partial charge in [0.25, 0.3) is 5.69 Å². The molecule has 7 heteroatoms. The third-order valence-electron chi connectivity index (χ3n) is 2.47. The van der Waals surface area contributed by atoms with Gasteiger partial charge in [-0.1, -0.05) is 6.92 Å². The summed E-state index contributed by atoms with van der Waals surface area (Å²) in [7, 11) is 0. The summed E-state index contributed by atoms with van der Waals surface area (Å²) in [6.45, 7) is 5.10. The van der Waals surface area contributed by atoms with Crippen LogP contribution in [0.2, 0.25) is 0 Å². The van der Waals surface area contributed by atoms with Crippen molar-refractivity contribution in [3.63, 3.8) is 0 Å². The maximum Gasteiger partial charge on any atom is 0.339 e. The van der Waals surface area contributed by atoms with Gasteiger partial charge in [0.1, 0.15) is 17.6 Å².